The minimum Gasteiger partial charge on any atom is -0.465 e. The van der Waals surface area contributed by atoms with Crippen LogP contribution in [0.4, 0.5) is 0 Å². The van der Waals surface area contributed by atoms with Gasteiger partial charge in [0.05, 0.1) is 17.6 Å². The predicted octanol–water partition coefficient (Wildman–Crippen LogP) is 4.26. The number of nitrogens with zero attached hydrogens (tertiary/aromatic N) is 1. The number of esters is 1. The van der Waals surface area contributed by atoms with E-state index in [9.17, 15) is 9.59 Å². The second-order valence-corrected chi connectivity index (χ2v) is 7.27. The van der Waals surface area contributed by atoms with Crippen molar-refractivity contribution in [2.75, 3.05) is 13.7 Å². The van der Waals surface area contributed by atoms with Crippen molar-refractivity contribution >= 4 is 46.3 Å². The zero-order valence-corrected chi connectivity index (χ0v) is 16.2. The van der Waals surface area contributed by atoms with Crippen molar-refractivity contribution in [3.05, 3.63) is 52.1 Å². The number of hydrogen-bond donors (Lipinski definition) is 0. The third-order valence-corrected chi connectivity index (χ3v) is 5.47. The molecule has 1 amide bonds. The fourth-order valence-electron chi connectivity index (χ4n) is 2.71. The summed E-state index contributed by atoms with van der Waals surface area (Å²) in [6.07, 6.45) is 1.69. The van der Waals surface area contributed by atoms with E-state index in [4.69, 9.17) is 21.4 Å². The van der Waals surface area contributed by atoms with Gasteiger partial charge < -0.3 is 9.15 Å². The van der Waals surface area contributed by atoms with Gasteiger partial charge in [0.2, 0.25) is 0 Å². The fraction of sp³-hybridized carbons (Fsp3) is 0.211. The molecule has 134 valence electrons. The van der Waals surface area contributed by atoms with Crippen LogP contribution in [0.2, 0.25) is 0 Å². The van der Waals surface area contributed by atoms with E-state index in [1.807, 2.05) is 26.0 Å². The van der Waals surface area contributed by atoms with Gasteiger partial charge in [0.25, 0.3) is 5.91 Å². The second-order valence-electron chi connectivity index (χ2n) is 5.60. The summed E-state index contributed by atoms with van der Waals surface area (Å²) < 4.78 is 11.2. The first kappa shape index (κ1) is 18.4. The Hall–Kier alpha value is -2.38. The predicted molar refractivity (Wildman–Crippen MR) is 106 cm³/mol. The van der Waals surface area contributed by atoms with Crippen LogP contribution in [-0.4, -0.2) is 34.8 Å². The SMILES string of the molecule is CCN1C(=O)/C(=C/c2ccc(-c3cccc(C(=O)OC)c3C)o2)SC1=S. The Bertz CT molecular complexity index is 929. The van der Waals surface area contributed by atoms with Gasteiger partial charge in [-0.25, -0.2) is 4.79 Å². The molecule has 0 N–H and O–H groups in total. The molecule has 1 aliphatic heterocycles. The number of thiocarbonyl (C=S) groups is 1. The van der Waals surface area contributed by atoms with Gasteiger partial charge in [0, 0.05) is 18.2 Å². The first-order valence-electron chi connectivity index (χ1n) is 7.99. The Balaban J connectivity index is 1.92. The average Bonchev–Trinajstić information content (AvgIpc) is 3.19. The topological polar surface area (TPSA) is 59.8 Å². The summed E-state index contributed by atoms with van der Waals surface area (Å²) in [4.78, 5) is 26.2. The molecule has 0 spiro atoms. The van der Waals surface area contributed by atoms with E-state index in [2.05, 4.69) is 0 Å². The zero-order chi connectivity index (χ0) is 18.8. The van der Waals surface area contributed by atoms with E-state index in [0.717, 1.165) is 11.1 Å². The molecule has 1 saturated heterocycles. The van der Waals surface area contributed by atoms with Crippen LogP contribution < -0.4 is 0 Å². The summed E-state index contributed by atoms with van der Waals surface area (Å²) in [5.41, 5.74) is 2.07. The Kier molecular flexibility index (Phi) is 5.29. The summed E-state index contributed by atoms with van der Waals surface area (Å²) in [5, 5.41) is 0. The number of carbonyl (C=O) groups is 2. The highest BCUT2D eigenvalue weighted by atomic mass is 32.2. The van der Waals surface area contributed by atoms with E-state index < -0.39 is 0 Å². The average molecular weight is 387 g/mol. The summed E-state index contributed by atoms with van der Waals surface area (Å²) in [6.45, 7) is 4.27. The first-order valence-corrected chi connectivity index (χ1v) is 9.22. The number of ether oxygens (including phenoxy) is 1. The lowest BCUT2D eigenvalue weighted by Crippen LogP contribution is -2.27. The summed E-state index contributed by atoms with van der Waals surface area (Å²) >= 11 is 6.48. The highest BCUT2D eigenvalue weighted by Crippen LogP contribution is 2.34. The molecule has 0 radical (unpaired) electrons. The molecule has 2 heterocycles. The van der Waals surface area contributed by atoms with Gasteiger partial charge >= 0.3 is 5.97 Å². The number of methoxy groups -OCH3 is 1. The van der Waals surface area contributed by atoms with Gasteiger partial charge in [0.15, 0.2) is 0 Å². The maximum Gasteiger partial charge on any atom is 0.338 e. The van der Waals surface area contributed by atoms with Crippen LogP contribution in [0.5, 0.6) is 0 Å². The number of carbonyl (C=O) groups excluding carboxylic acids is 2. The normalized spacial score (nSPS) is 15.8. The molecule has 1 aromatic heterocycles. The molecular weight excluding hydrogens is 370 g/mol. The van der Waals surface area contributed by atoms with Crippen LogP contribution in [0, 0.1) is 6.92 Å². The number of rotatable bonds is 4. The smallest absolute Gasteiger partial charge is 0.338 e. The lowest BCUT2D eigenvalue weighted by atomic mass is 10.0. The highest BCUT2D eigenvalue weighted by molar-refractivity contribution is 8.26. The molecule has 5 nitrogen and oxygen atoms in total. The van der Waals surface area contributed by atoms with Gasteiger partial charge in [-0.2, -0.15) is 0 Å². The van der Waals surface area contributed by atoms with Crippen LogP contribution in [-0.2, 0) is 9.53 Å². The standard InChI is InChI=1S/C19H17NO4S2/c1-4-20-17(21)16(26-19(20)25)10-12-8-9-15(24-12)13-6-5-7-14(11(13)2)18(22)23-3/h5-10H,4H2,1-3H3/b16-10-. The molecule has 0 bridgehead atoms. The molecule has 0 unspecified atom stereocenters. The van der Waals surface area contributed by atoms with Crippen LogP contribution in [0.3, 0.4) is 0 Å². The summed E-state index contributed by atoms with van der Waals surface area (Å²) in [7, 11) is 1.35. The number of likely N-dealkylation sites (N-methyl/N-ethyl adjacent to an activating group) is 1. The van der Waals surface area contributed by atoms with E-state index in [-0.39, 0.29) is 11.9 Å². The molecule has 0 atom stereocenters. The molecule has 1 fully saturated rings. The van der Waals surface area contributed by atoms with Gasteiger partial charge in [-0.3, -0.25) is 9.69 Å². The van der Waals surface area contributed by atoms with Crippen molar-refractivity contribution in [2.24, 2.45) is 0 Å². The van der Waals surface area contributed by atoms with E-state index in [0.29, 0.717) is 32.9 Å². The van der Waals surface area contributed by atoms with Crippen LogP contribution in [0.1, 0.15) is 28.6 Å². The Morgan fingerprint density at radius 3 is 2.77 bits per heavy atom. The van der Waals surface area contributed by atoms with Crippen molar-refractivity contribution < 1.29 is 18.7 Å². The minimum atomic E-state index is -0.389. The molecule has 3 rings (SSSR count). The highest BCUT2D eigenvalue weighted by Gasteiger charge is 2.30. The lowest BCUT2D eigenvalue weighted by molar-refractivity contribution is -0.122. The second kappa shape index (κ2) is 7.47. The monoisotopic (exact) mass is 387 g/mol. The Labute approximate surface area is 161 Å². The number of thioether (sulfide) groups is 1. The zero-order valence-electron chi connectivity index (χ0n) is 14.6. The largest absolute Gasteiger partial charge is 0.465 e. The molecule has 0 aliphatic carbocycles. The lowest BCUT2D eigenvalue weighted by Gasteiger charge is -2.09. The molecule has 1 aromatic carbocycles. The van der Waals surface area contributed by atoms with Crippen molar-refractivity contribution in [3.63, 3.8) is 0 Å². The van der Waals surface area contributed by atoms with Gasteiger partial charge in [0.1, 0.15) is 15.8 Å². The summed E-state index contributed by atoms with van der Waals surface area (Å²) in [5.74, 6) is 0.675. The van der Waals surface area contributed by atoms with Crippen molar-refractivity contribution in [1.82, 2.24) is 4.90 Å². The van der Waals surface area contributed by atoms with E-state index >= 15 is 0 Å². The third kappa shape index (κ3) is 3.32. The van der Waals surface area contributed by atoms with Crippen molar-refractivity contribution in [2.45, 2.75) is 13.8 Å². The van der Waals surface area contributed by atoms with Crippen LogP contribution >= 0.6 is 24.0 Å². The molecule has 7 heteroatoms. The first-order chi connectivity index (χ1) is 12.5. The number of benzene rings is 1. The Morgan fingerprint density at radius 1 is 1.35 bits per heavy atom. The van der Waals surface area contributed by atoms with Crippen molar-refractivity contribution in [1.29, 1.82) is 0 Å². The number of furan rings is 1. The van der Waals surface area contributed by atoms with E-state index in [1.54, 1.807) is 29.2 Å². The molecule has 0 saturated carbocycles. The minimum absolute atomic E-state index is 0.107. The van der Waals surface area contributed by atoms with Gasteiger partial charge in [-0.05, 0) is 37.6 Å². The quantitative estimate of drug-likeness (QED) is 0.444. The van der Waals surface area contributed by atoms with Crippen LogP contribution in [0.25, 0.3) is 17.4 Å². The maximum atomic E-state index is 12.3. The fourth-order valence-corrected chi connectivity index (χ4v) is 4.07. The molecule has 2 aromatic rings. The van der Waals surface area contributed by atoms with E-state index in [1.165, 1.54) is 18.9 Å². The third-order valence-electron chi connectivity index (χ3n) is 4.09. The van der Waals surface area contributed by atoms with Crippen molar-refractivity contribution in [3.8, 4) is 11.3 Å². The Morgan fingerprint density at radius 2 is 2.12 bits per heavy atom. The van der Waals surface area contributed by atoms with Gasteiger partial charge in [-0.1, -0.05) is 36.1 Å². The van der Waals surface area contributed by atoms with Gasteiger partial charge in [-0.15, -0.1) is 0 Å². The molecule has 26 heavy (non-hydrogen) atoms. The summed E-state index contributed by atoms with van der Waals surface area (Å²) in [6, 6.07) is 8.97. The number of amides is 1. The molecule has 1 aliphatic rings. The molecular formula is C19H17NO4S2. The number of hydrogen-bond acceptors (Lipinski definition) is 6. The maximum absolute atomic E-state index is 12.3. The van der Waals surface area contributed by atoms with Crippen LogP contribution in [0.15, 0.2) is 39.7 Å².